The molecule has 0 aromatic heterocycles. The third-order valence-electron chi connectivity index (χ3n) is 8.43. The Morgan fingerprint density at radius 2 is 1.97 bits per heavy atom. The van der Waals surface area contributed by atoms with E-state index < -0.39 is 0 Å². The highest BCUT2D eigenvalue weighted by atomic mass is 16.5. The van der Waals surface area contributed by atoms with Crippen LogP contribution in [0.4, 0.5) is 5.69 Å². The summed E-state index contributed by atoms with van der Waals surface area (Å²) in [5.74, 6) is 1.42. The van der Waals surface area contributed by atoms with Gasteiger partial charge in [0.25, 0.3) is 5.91 Å². The Balaban J connectivity index is 1.43. The van der Waals surface area contributed by atoms with Crippen molar-refractivity contribution >= 4 is 17.8 Å². The van der Waals surface area contributed by atoms with Crippen LogP contribution in [0.25, 0.3) is 0 Å². The Kier molecular flexibility index (Phi) is 6.68. The van der Waals surface area contributed by atoms with Gasteiger partial charge in [-0.3, -0.25) is 9.69 Å². The summed E-state index contributed by atoms with van der Waals surface area (Å²) in [7, 11) is 5.55. The molecule has 3 heterocycles. The minimum Gasteiger partial charge on any atom is -0.497 e. The van der Waals surface area contributed by atoms with Crippen molar-refractivity contribution in [1.82, 2.24) is 10.2 Å². The summed E-state index contributed by atoms with van der Waals surface area (Å²) in [5.41, 5.74) is 3.87. The zero-order chi connectivity index (χ0) is 25.3. The first kappa shape index (κ1) is 24.6. The maximum atomic E-state index is 11.5. The molecule has 3 aliphatic rings. The average molecular weight is 492 g/mol. The standard InChI is InChI=1S/C29H38N4O3/c1-28(33-15-13-29(20-33)12-5-14-32(3)19-29)17-26(31-25-16-23(35-4)10-11-24(25)28)21-6-8-22(9-7-21)36-18-27(34)30-2/h6-11,16,19,26,31H,5,12-15,17-18,20H2,1-4H3/p+1. The number of likely N-dealkylation sites (N-methyl/N-ethyl adjacent to an activating group) is 1. The Hall–Kier alpha value is -3.06. The Labute approximate surface area is 214 Å². The largest absolute Gasteiger partial charge is 0.497 e. The maximum absolute atomic E-state index is 11.5. The SMILES string of the molecule is CNC(=O)COc1ccc(C2CC(C)(N3CCC4(C=[N+](C)CCC4)C3)c3ccc(OC)cc3N2)cc1. The molecule has 36 heavy (non-hydrogen) atoms. The van der Waals surface area contributed by atoms with Crippen LogP contribution in [0.3, 0.4) is 0 Å². The third-order valence-corrected chi connectivity index (χ3v) is 8.43. The molecule has 7 heteroatoms. The smallest absolute Gasteiger partial charge is 0.257 e. The minimum atomic E-state index is -0.140. The summed E-state index contributed by atoms with van der Waals surface area (Å²) < 4.78 is 13.6. The molecular formula is C29H39N4O3+. The van der Waals surface area contributed by atoms with Crippen LogP contribution in [0.1, 0.15) is 49.8 Å². The number of amides is 1. The van der Waals surface area contributed by atoms with E-state index in [1.807, 2.05) is 12.1 Å². The predicted octanol–water partition coefficient (Wildman–Crippen LogP) is 3.79. The number of nitrogens with one attached hydrogen (secondary N) is 2. The molecule has 0 saturated carbocycles. The molecule has 3 aliphatic heterocycles. The zero-order valence-electron chi connectivity index (χ0n) is 22.0. The molecule has 5 rings (SSSR count). The van der Waals surface area contributed by atoms with Gasteiger partial charge in [0.2, 0.25) is 0 Å². The molecule has 0 bridgehead atoms. The van der Waals surface area contributed by atoms with Gasteiger partial charge in [-0.2, -0.15) is 0 Å². The first-order chi connectivity index (χ1) is 17.3. The molecule has 0 radical (unpaired) electrons. The average Bonchev–Trinajstić information content (AvgIpc) is 3.30. The molecule has 1 fully saturated rings. The van der Waals surface area contributed by atoms with Crippen LogP contribution < -0.4 is 20.1 Å². The van der Waals surface area contributed by atoms with Crippen LogP contribution in [-0.4, -0.2) is 69.0 Å². The predicted molar refractivity (Wildman–Crippen MR) is 142 cm³/mol. The minimum absolute atomic E-state index is 0.0195. The summed E-state index contributed by atoms with van der Waals surface area (Å²) in [4.78, 5) is 14.3. The van der Waals surface area contributed by atoms with Crippen molar-refractivity contribution in [1.29, 1.82) is 0 Å². The number of hydrogen-bond donors (Lipinski definition) is 2. The second-order valence-electron chi connectivity index (χ2n) is 10.9. The molecule has 0 aliphatic carbocycles. The summed E-state index contributed by atoms with van der Waals surface area (Å²) >= 11 is 0. The molecule has 1 spiro atoms. The molecule has 1 saturated heterocycles. The van der Waals surface area contributed by atoms with Gasteiger partial charge in [0.15, 0.2) is 6.61 Å². The van der Waals surface area contributed by atoms with Crippen LogP contribution in [0, 0.1) is 5.41 Å². The van der Waals surface area contributed by atoms with E-state index in [0.717, 1.165) is 37.5 Å². The molecule has 7 nitrogen and oxygen atoms in total. The molecule has 2 N–H and O–H groups in total. The monoisotopic (exact) mass is 491 g/mol. The van der Waals surface area contributed by atoms with Gasteiger partial charge >= 0.3 is 0 Å². The highest BCUT2D eigenvalue weighted by Gasteiger charge is 2.50. The Morgan fingerprint density at radius 3 is 2.69 bits per heavy atom. The van der Waals surface area contributed by atoms with Crippen molar-refractivity contribution < 1.29 is 18.8 Å². The number of methoxy groups -OCH3 is 1. The van der Waals surface area contributed by atoms with Crippen molar-refractivity contribution in [3.05, 3.63) is 53.6 Å². The van der Waals surface area contributed by atoms with E-state index in [1.165, 1.54) is 30.4 Å². The van der Waals surface area contributed by atoms with E-state index in [9.17, 15) is 4.79 Å². The van der Waals surface area contributed by atoms with Crippen LogP contribution in [0.5, 0.6) is 11.5 Å². The van der Waals surface area contributed by atoms with Gasteiger partial charge < -0.3 is 20.1 Å². The quantitative estimate of drug-likeness (QED) is 0.602. The van der Waals surface area contributed by atoms with E-state index in [2.05, 4.69) is 70.6 Å². The van der Waals surface area contributed by atoms with Gasteiger partial charge in [-0.25, -0.2) is 4.58 Å². The molecule has 3 unspecified atom stereocenters. The number of carbonyl (C=O) groups excluding carboxylic acids is 1. The molecule has 192 valence electrons. The highest BCUT2D eigenvalue weighted by molar-refractivity contribution is 5.77. The van der Waals surface area contributed by atoms with Crippen LogP contribution in [0.2, 0.25) is 0 Å². The molecule has 2 aromatic carbocycles. The normalized spacial score (nSPS) is 27.7. The van der Waals surface area contributed by atoms with E-state index in [4.69, 9.17) is 9.47 Å². The Bertz CT molecular complexity index is 1150. The fraction of sp³-hybridized carbons (Fsp3) is 0.517. The van der Waals surface area contributed by atoms with Gasteiger partial charge in [0.05, 0.1) is 18.6 Å². The van der Waals surface area contributed by atoms with Gasteiger partial charge in [-0.05, 0) is 55.5 Å². The van der Waals surface area contributed by atoms with Crippen molar-refractivity contribution in [3.8, 4) is 11.5 Å². The zero-order valence-corrected chi connectivity index (χ0v) is 22.0. The number of likely N-dealkylation sites (tertiary alicyclic amines) is 1. The summed E-state index contributed by atoms with van der Waals surface area (Å²) in [6, 6.07) is 14.7. The lowest BCUT2D eigenvalue weighted by molar-refractivity contribution is -0.502. The number of hydrogen-bond acceptors (Lipinski definition) is 5. The fourth-order valence-corrected chi connectivity index (χ4v) is 6.41. The number of nitrogens with zero attached hydrogens (tertiary/aromatic N) is 2. The number of anilines is 1. The summed E-state index contributed by atoms with van der Waals surface area (Å²) in [6.07, 6.45) is 7.23. The van der Waals surface area contributed by atoms with Crippen molar-refractivity contribution in [2.24, 2.45) is 5.41 Å². The third kappa shape index (κ3) is 4.69. The van der Waals surface area contributed by atoms with Crippen molar-refractivity contribution in [2.45, 2.75) is 44.2 Å². The van der Waals surface area contributed by atoms with E-state index in [1.54, 1.807) is 14.2 Å². The number of fused-ring (bicyclic) bond motifs is 1. The second-order valence-corrected chi connectivity index (χ2v) is 10.9. The van der Waals surface area contributed by atoms with Gasteiger partial charge in [0.1, 0.15) is 31.3 Å². The van der Waals surface area contributed by atoms with Crippen molar-refractivity contribution in [3.63, 3.8) is 0 Å². The lowest BCUT2D eigenvalue weighted by atomic mass is 9.77. The topological polar surface area (TPSA) is 65.8 Å². The first-order valence-corrected chi connectivity index (χ1v) is 13.0. The Morgan fingerprint density at radius 1 is 1.19 bits per heavy atom. The number of rotatable bonds is 6. The van der Waals surface area contributed by atoms with Crippen molar-refractivity contribution in [2.75, 3.05) is 52.8 Å². The summed E-state index contributed by atoms with van der Waals surface area (Å²) in [5, 5.41) is 6.38. The molecular weight excluding hydrogens is 452 g/mol. The lowest BCUT2D eigenvalue weighted by Crippen LogP contribution is -2.48. The number of ether oxygens (including phenoxy) is 2. The first-order valence-electron chi connectivity index (χ1n) is 13.0. The fourth-order valence-electron chi connectivity index (χ4n) is 6.41. The van der Waals surface area contributed by atoms with Crippen LogP contribution in [0.15, 0.2) is 42.5 Å². The van der Waals surface area contributed by atoms with Gasteiger partial charge in [0, 0.05) is 43.9 Å². The lowest BCUT2D eigenvalue weighted by Gasteiger charge is -2.47. The van der Waals surface area contributed by atoms with Gasteiger partial charge in [-0.1, -0.05) is 18.2 Å². The molecule has 1 amide bonds. The highest BCUT2D eigenvalue weighted by Crippen LogP contribution is 2.50. The van der Waals surface area contributed by atoms with Crippen LogP contribution >= 0.6 is 0 Å². The number of benzene rings is 2. The maximum Gasteiger partial charge on any atom is 0.257 e. The number of carbonyl (C=O) groups is 1. The second kappa shape index (κ2) is 9.77. The summed E-state index contributed by atoms with van der Waals surface area (Å²) in [6.45, 7) is 5.80. The van der Waals surface area contributed by atoms with E-state index in [0.29, 0.717) is 5.75 Å². The van der Waals surface area contributed by atoms with E-state index >= 15 is 0 Å². The van der Waals surface area contributed by atoms with Gasteiger partial charge in [-0.15, -0.1) is 0 Å². The van der Waals surface area contributed by atoms with E-state index in [-0.39, 0.29) is 29.5 Å². The van der Waals surface area contributed by atoms with Crippen LogP contribution in [-0.2, 0) is 10.3 Å². The molecule has 2 aromatic rings. The molecule has 3 atom stereocenters.